The largest absolute Gasteiger partial charge is 0.392 e. The third-order valence-corrected chi connectivity index (χ3v) is 5.26. The van der Waals surface area contributed by atoms with Crippen LogP contribution in [0.25, 0.3) is 0 Å². The summed E-state index contributed by atoms with van der Waals surface area (Å²) in [5, 5.41) is 10.8. The van der Waals surface area contributed by atoms with E-state index in [1.807, 2.05) is 0 Å². The Balaban J connectivity index is 1.36. The van der Waals surface area contributed by atoms with Crippen molar-refractivity contribution in [3.05, 3.63) is 47.4 Å². The number of fused-ring (bicyclic) bond motifs is 2. The van der Waals surface area contributed by atoms with Crippen LogP contribution >= 0.6 is 0 Å². The first kappa shape index (κ1) is 19.9. The van der Waals surface area contributed by atoms with Crippen molar-refractivity contribution in [2.45, 2.75) is 19.5 Å². The van der Waals surface area contributed by atoms with Crippen molar-refractivity contribution in [3.8, 4) is 0 Å². The molecule has 0 saturated carbocycles. The molecule has 2 aliphatic heterocycles. The molecule has 3 aromatic rings. The molecule has 0 bridgehead atoms. The first-order valence-electron chi connectivity index (χ1n) is 9.78. The molecule has 2 amide bonds. The van der Waals surface area contributed by atoms with E-state index in [-0.39, 0.29) is 37.2 Å². The SMILES string of the molecule is Cc1cc2n(n1)OC[C@H](NC(=O)c1nc3n(n1)CCN3c1c(F)cccc1F)C(=O)N2C. The van der Waals surface area contributed by atoms with E-state index < -0.39 is 29.5 Å². The monoisotopic (exact) mass is 444 g/mol. The molecule has 1 N–H and O–H groups in total. The molecule has 166 valence electrons. The second kappa shape index (κ2) is 7.28. The van der Waals surface area contributed by atoms with Gasteiger partial charge in [0.1, 0.15) is 30.0 Å². The Bertz CT molecular complexity index is 1220. The highest BCUT2D eigenvalue weighted by Gasteiger charge is 2.34. The normalized spacial score (nSPS) is 17.6. The highest BCUT2D eigenvalue weighted by atomic mass is 19.1. The molecule has 1 aromatic carbocycles. The maximum absolute atomic E-state index is 14.2. The topological polar surface area (TPSA) is 110 Å². The highest BCUT2D eigenvalue weighted by Crippen LogP contribution is 2.32. The van der Waals surface area contributed by atoms with Crippen molar-refractivity contribution in [2.24, 2.45) is 0 Å². The second-order valence-electron chi connectivity index (χ2n) is 7.42. The number of aromatic nitrogens is 5. The molecule has 2 aromatic heterocycles. The van der Waals surface area contributed by atoms with Crippen LogP contribution in [0.5, 0.6) is 0 Å². The molecule has 4 heterocycles. The van der Waals surface area contributed by atoms with Gasteiger partial charge in [0, 0.05) is 19.7 Å². The third kappa shape index (κ3) is 3.13. The second-order valence-corrected chi connectivity index (χ2v) is 7.42. The maximum Gasteiger partial charge on any atom is 0.291 e. The number of nitrogens with zero attached hydrogens (tertiary/aromatic N) is 7. The van der Waals surface area contributed by atoms with Gasteiger partial charge in [-0.25, -0.2) is 13.5 Å². The number of anilines is 3. The van der Waals surface area contributed by atoms with E-state index in [4.69, 9.17) is 4.84 Å². The molecule has 0 aliphatic carbocycles. The number of halogens is 2. The molecule has 13 heteroatoms. The lowest BCUT2D eigenvalue weighted by Gasteiger charge is -2.18. The molecule has 0 radical (unpaired) electrons. The first-order valence-corrected chi connectivity index (χ1v) is 9.78. The standard InChI is InChI=1S/C19H18F2N8O3/c1-10-8-14-26(2)18(31)13(9-32-29(14)24-10)22-17(30)16-23-19-27(6-7-28(19)25-16)15-11(20)4-3-5-12(15)21/h3-5,8,13H,6-7,9H2,1-2H3,(H,22,30)/t13-/m0/s1. The number of benzene rings is 1. The summed E-state index contributed by atoms with van der Waals surface area (Å²) in [6.07, 6.45) is 0. The maximum atomic E-state index is 14.2. The van der Waals surface area contributed by atoms with Gasteiger partial charge in [-0.1, -0.05) is 10.9 Å². The van der Waals surface area contributed by atoms with Crippen LogP contribution in [0.1, 0.15) is 16.3 Å². The summed E-state index contributed by atoms with van der Waals surface area (Å²) in [5.41, 5.74) is 0.416. The van der Waals surface area contributed by atoms with Crippen LogP contribution in [0, 0.1) is 18.6 Å². The van der Waals surface area contributed by atoms with Crippen molar-refractivity contribution in [3.63, 3.8) is 0 Å². The number of carbonyl (C=O) groups is 2. The van der Waals surface area contributed by atoms with E-state index in [0.29, 0.717) is 11.5 Å². The van der Waals surface area contributed by atoms with Gasteiger partial charge in [0.2, 0.25) is 11.8 Å². The van der Waals surface area contributed by atoms with Crippen molar-refractivity contribution in [2.75, 3.05) is 30.0 Å². The third-order valence-electron chi connectivity index (χ3n) is 5.26. The Morgan fingerprint density at radius 3 is 2.72 bits per heavy atom. The summed E-state index contributed by atoms with van der Waals surface area (Å²) in [6.45, 7) is 2.16. The number of aryl methyl sites for hydroxylation is 1. The van der Waals surface area contributed by atoms with Crippen molar-refractivity contribution in [1.82, 2.24) is 30.0 Å². The summed E-state index contributed by atoms with van der Waals surface area (Å²) < 4.78 is 29.8. The lowest BCUT2D eigenvalue weighted by atomic mass is 10.2. The van der Waals surface area contributed by atoms with Crippen molar-refractivity contribution >= 4 is 29.3 Å². The Morgan fingerprint density at radius 2 is 1.97 bits per heavy atom. The lowest BCUT2D eigenvalue weighted by molar-refractivity contribution is -0.120. The molecular formula is C19H18F2N8O3. The van der Waals surface area contributed by atoms with Gasteiger partial charge in [0.05, 0.1) is 12.2 Å². The smallest absolute Gasteiger partial charge is 0.291 e. The van der Waals surface area contributed by atoms with Crippen molar-refractivity contribution < 1.29 is 23.2 Å². The molecule has 1 atom stereocenters. The zero-order valence-corrected chi connectivity index (χ0v) is 17.1. The fourth-order valence-electron chi connectivity index (χ4n) is 3.71. The van der Waals surface area contributed by atoms with Gasteiger partial charge < -0.3 is 15.1 Å². The Morgan fingerprint density at radius 1 is 1.22 bits per heavy atom. The number of likely N-dealkylation sites (N-methyl/N-ethyl adjacent to an activating group) is 1. The van der Waals surface area contributed by atoms with Gasteiger partial charge in [0.25, 0.3) is 11.8 Å². The van der Waals surface area contributed by atoms with Gasteiger partial charge in [-0.05, 0) is 19.1 Å². The van der Waals surface area contributed by atoms with E-state index in [1.54, 1.807) is 20.0 Å². The molecule has 5 rings (SSSR count). The minimum absolute atomic E-state index is 0.135. The molecule has 0 saturated heterocycles. The summed E-state index contributed by atoms with van der Waals surface area (Å²) in [6, 6.07) is 4.23. The van der Waals surface area contributed by atoms with Crippen LogP contribution < -0.4 is 20.0 Å². The zero-order valence-electron chi connectivity index (χ0n) is 17.1. The lowest BCUT2D eigenvalue weighted by Crippen LogP contribution is -2.49. The Labute approximate surface area is 180 Å². The molecule has 32 heavy (non-hydrogen) atoms. The molecule has 11 nitrogen and oxygen atoms in total. The molecule has 2 aliphatic rings. The van der Waals surface area contributed by atoms with E-state index in [2.05, 4.69) is 20.5 Å². The van der Waals surface area contributed by atoms with Gasteiger partial charge in [0.15, 0.2) is 5.82 Å². The van der Waals surface area contributed by atoms with E-state index in [9.17, 15) is 18.4 Å². The van der Waals surface area contributed by atoms with Crippen LogP contribution in [-0.2, 0) is 11.3 Å². The number of hydrogen-bond acceptors (Lipinski definition) is 7. The first-order chi connectivity index (χ1) is 15.3. The van der Waals surface area contributed by atoms with E-state index >= 15 is 0 Å². The predicted molar refractivity (Wildman–Crippen MR) is 106 cm³/mol. The fraction of sp³-hybridized carbons (Fsp3) is 0.316. The number of para-hydroxylation sites is 1. The Kier molecular flexibility index (Phi) is 4.53. The number of rotatable bonds is 3. The van der Waals surface area contributed by atoms with E-state index in [0.717, 1.165) is 12.1 Å². The van der Waals surface area contributed by atoms with Crippen LogP contribution in [0.3, 0.4) is 0 Å². The van der Waals surface area contributed by atoms with Gasteiger partial charge >= 0.3 is 0 Å². The van der Waals surface area contributed by atoms with Crippen LogP contribution in [-0.4, -0.2) is 62.8 Å². The van der Waals surface area contributed by atoms with Crippen LogP contribution in [0.15, 0.2) is 24.3 Å². The van der Waals surface area contributed by atoms with Crippen LogP contribution in [0.4, 0.5) is 26.2 Å². The number of nitrogens with one attached hydrogen (secondary N) is 1. The average molecular weight is 444 g/mol. The average Bonchev–Trinajstić information content (AvgIpc) is 3.43. The summed E-state index contributed by atoms with van der Waals surface area (Å²) in [7, 11) is 1.55. The number of carbonyl (C=O) groups excluding carboxylic acids is 2. The van der Waals surface area contributed by atoms with Gasteiger partial charge in [-0.15, -0.1) is 10.2 Å². The molecule has 0 unspecified atom stereocenters. The molecule has 0 spiro atoms. The van der Waals surface area contributed by atoms with E-state index in [1.165, 1.54) is 25.4 Å². The summed E-state index contributed by atoms with van der Waals surface area (Å²) in [4.78, 5) is 39.1. The number of hydrogen-bond donors (Lipinski definition) is 1. The number of amides is 2. The quantitative estimate of drug-likeness (QED) is 0.623. The highest BCUT2D eigenvalue weighted by molar-refractivity contribution is 6.01. The van der Waals surface area contributed by atoms with Crippen LogP contribution in [0.2, 0.25) is 0 Å². The zero-order chi connectivity index (χ0) is 22.6. The van der Waals surface area contributed by atoms with Crippen molar-refractivity contribution in [1.29, 1.82) is 0 Å². The molecule has 0 fully saturated rings. The predicted octanol–water partition coefficient (Wildman–Crippen LogP) is 0.417. The summed E-state index contributed by atoms with van der Waals surface area (Å²) >= 11 is 0. The minimum Gasteiger partial charge on any atom is -0.392 e. The molecular weight excluding hydrogens is 426 g/mol. The fourth-order valence-corrected chi connectivity index (χ4v) is 3.71. The van der Waals surface area contributed by atoms with Gasteiger partial charge in [-0.2, -0.15) is 4.98 Å². The summed E-state index contributed by atoms with van der Waals surface area (Å²) in [5.74, 6) is -2.27. The Hall–Kier alpha value is -4.03. The minimum atomic E-state index is -1.01. The van der Waals surface area contributed by atoms with Gasteiger partial charge in [-0.3, -0.25) is 14.5 Å².